The molecule has 0 fully saturated rings. The maximum Gasteiger partial charge on any atom is 0.418 e. The largest absolute Gasteiger partial charge is 0.418 e. The third kappa shape index (κ3) is 4.54. The molecule has 0 saturated carbocycles. The number of benzene rings is 2. The first-order valence-corrected chi connectivity index (χ1v) is 6.90. The maximum atomic E-state index is 12.9. The second-order valence-corrected chi connectivity index (χ2v) is 5.12. The van der Waals surface area contributed by atoms with Gasteiger partial charge in [0.15, 0.2) is 0 Å². The van der Waals surface area contributed by atoms with Crippen LogP contribution in [0.3, 0.4) is 0 Å². The molecule has 1 nitrogen and oxygen atoms in total. The molecule has 0 aliphatic rings. The molecule has 0 aliphatic heterocycles. The quantitative estimate of drug-likeness (QED) is 0.754. The number of rotatable bonds is 2. The van der Waals surface area contributed by atoms with Crippen LogP contribution < -0.4 is 5.32 Å². The zero-order valence-corrected chi connectivity index (χ0v) is 12.4. The molecule has 108 valence electrons. The number of anilines is 1. The van der Waals surface area contributed by atoms with Crippen LogP contribution in [0.5, 0.6) is 0 Å². The van der Waals surface area contributed by atoms with Crippen molar-refractivity contribution in [3.63, 3.8) is 0 Å². The summed E-state index contributed by atoms with van der Waals surface area (Å²) >= 11 is 3.05. The highest BCUT2D eigenvalue weighted by atomic mass is 79.9. The van der Waals surface area contributed by atoms with Crippen LogP contribution in [0.2, 0.25) is 0 Å². The van der Waals surface area contributed by atoms with E-state index in [9.17, 15) is 13.2 Å². The Bertz CT molecular complexity index is 669. The van der Waals surface area contributed by atoms with Crippen LogP contribution in [0.4, 0.5) is 18.9 Å². The van der Waals surface area contributed by atoms with Gasteiger partial charge in [-0.25, -0.2) is 0 Å². The number of halogens is 4. The molecular weight excluding hydrogens is 343 g/mol. The molecule has 0 bridgehead atoms. The van der Waals surface area contributed by atoms with Gasteiger partial charge in [0.05, 0.1) is 12.1 Å². The molecular formula is C16H11BrF3N. The van der Waals surface area contributed by atoms with E-state index in [0.29, 0.717) is 4.47 Å². The van der Waals surface area contributed by atoms with E-state index in [1.165, 1.54) is 6.07 Å². The van der Waals surface area contributed by atoms with Gasteiger partial charge in [-0.05, 0) is 30.3 Å². The molecule has 2 rings (SSSR count). The highest BCUT2D eigenvalue weighted by Crippen LogP contribution is 2.36. The zero-order chi connectivity index (χ0) is 15.3. The van der Waals surface area contributed by atoms with Crippen molar-refractivity contribution in [2.24, 2.45) is 0 Å². The Balaban J connectivity index is 2.09. The van der Waals surface area contributed by atoms with Crippen molar-refractivity contribution in [2.45, 2.75) is 6.18 Å². The van der Waals surface area contributed by atoms with Gasteiger partial charge >= 0.3 is 6.18 Å². The summed E-state index contributed by atoms with van der Waals surface area (Å²) in [4.78, 5) is 0. The molecule has 0 atom stereocenters. The third-order valence-electron chi connectivity index (χ3n) is 2.66. The number of hydrogen-bond donors (Lipinski definition) is 1. The Labute approximate surface area is 129 Å². The summed E-state index contributed by atoms with van der Waals surface area (Å²) in [5, 5.41) is 2.70. The van der Waals surface area contributed by atoms with Crippen molar-refractivity contribution in [3.8, 4) is 11.8 Å². The van der Waals surface area contributed by atoms with Gasteiger partial charge in [0, 0.05) is 15.7 Å². The van der Waals surface area contributed by atoms with Gasteiger partial charge in [0.1, 0.15) is 0 Å². The van der Waals surface area contributed by atoms with E-state index in [2.05, 4.69) is 33.1 Å². The molecule has 2 aromatic rings. The minimum atomic E-state index is -4.40. The summed E-state index contributed by atoms with van der Waals surface area (Å²) < 4.78 is 39.1. The van der Waals surface area contributed by atoms with Crippen LogP contribution in [0.15, 0.2) is 53.0 Å². The molecule has 21 heavy (non-hydrogen) atoms. The molecule has 0 radical (unpaired) electrons. The van der Waals surface area contributed by atoms with E-state index in [-0.39, 0.29) is 12.2 Å². The van der Waals surface area contributed by atoms with E-state index in [1.807, 2.05) is 30.3 Å². The molecule has 0 saturated heterocycles. The summed E-state index contributed by atoms with van der Waals surface area (Å²) in [6.45, 7) is 0.138. The highest BCUT2D eigenvalue weighted by Gasteiger charge is 2.33. The highest BCUT2D eigenvalue weighted by molar-refractivity contribution is 9.10. The Morgan fingerprint density at radius 1 is 1.05 bits per heavy atom. The second kappa shape index (κ2) is 6.68. The van der Waals surface area contributed by atoms with Crippen LogP contribution in [0.25, 0.3) is 0 Å². The molecule has 0 aromatic heterocycles. The first kappa shape index (κ1) is 15.5. The summed E-state index contributed by atoms with van der Waals surface area (Å²) in [5.74, 6) is 5.68. The Morgan fingerprint density at radius 2 is 1.76 bits per heavy atom. The molecule has 0 unspecified atom stereocenters. The van der Waals surface area contributed by atoms with Crippen molar-refractivity contribution in [1.29, 1.82) is 0 Å². The number of hydrogen-bond acceptors (Lipinski definition) is 1. The first-order chi connectivity index (χ1) is 9.97. The lowest BCUT2D eigenvalue weighted by Gasteiger charge is -2.13. The topological polar surface area (TPSA) is 12.0 Å². The summed E-state index contributed by atoms with van der Waals surface area (Å²) in [7, 11) is 0. The Hall–Kier alpha value is -1.93. The van der Waals surface area contributed by atoms with Crippen LogP contribution in [0, 0.1) is 11.8 Å². The second-order valence-electron chi connectivity index (χ2n) is 4.21. The van der Waals surface area contributed by atoms with Gasteiger partial charge in [-0.15, -0.1) is 0 Å². The smallest absolute Gasteiger partial charge is 0.374 e. The van der Waals surface area contributed by atoms with Gasteiger partial charge < -0.3 is 5.32 Å². The SMILES string of the molecule is FC(F)(F)c1cc(Br)ccc1NCC#Cc1ccccc1. The van der Waals surface area contributed by atoms with Crippen molar-refractivity contribution in [3.05, 3.63) is 64.1 Å². The van der Waals surface area contributed by atoms with Crippen LogP contribution in [0.1, 0.15) is 11.1 Å². The molecule has 5 heteroatoms. The van der Waals surface area contributed by atoms with Gasteiger partial charge in [-0.3, -0.25) is 0 Å². The van der Waals surface area contributed by atoms with E-state index in [1.54, 1.807) is 6.07 Å². The molecule has 2 aromatic carbocycles. The predicted octanol–water partition coefficient (Wildman–Crippen LogP) is 4.93. The fourth-order valence-corrected chi connectivity index (χ4v) is 2.07. The van der Waals surface area contributed by atoms with Gasteiger partial charge in [0.25, 0.3) is 0 Å². The minimum absolute atomic E-state index is 0.0214. The lowest BCUT2D eigenvalue weighted by Crippen LogP contribution is -2.11. The average Bonchev–Trinajstić information content (AvgIpc) is 2.45. The van der Waals surface area contributed by atoms with Crippen molar-refractivity contribution in [2.75, 3.05) is 11.9 Å². The summed E-state index contributed by atoms with van der Waals surface area (Å²) in [5.41, 5.74) is 0.137. The monoisotopic (exact) mass is 353 g/mol. The predicted molar refractivity (Wildman–Crippen MR) is 81.0 cm³/mol. The van der Waals surface area contributed by atoms with E-state index < -0.39 is 11.7 Å². The normalized spacial score (nSPS) is 10.7. The summed E-state index contributed by atoms with van der Waals surface area (Å²) in [6.07, 6.45) is -4.40. The van der Waals surface area contributed by atoms with Crippen LogP contribution >= 0.6 is 15.9 Å². The van der Waals surface area contributed by atoms with Gasteiger partial charge in [0.2, 0.25) is 0 Å². The molecule has 1 N–H and O–H groups in total. The molecule has 0 heterocycles. The van der Waals surface area contributed by atoms with Crippen LogP contribution in [-0.2, 0) is 6.18 Å². The van der Waals surface area contributed by atoms with Crippen molar-refractivity contribution < 1.29 is 13.2 Å². The number of alkyl halides is 3. The van der Waals surface area contributed by atoms with Crippen molar-refractivity contribution >= 4 is 21.6 Å². The molecule has 0 aliphatic carbocycles. The zero-order valence-electron chi connectivity index (χ0n) is 10.8. The van der Waals surface area contributed by atoms with Crippen LogP contribution in [-0.4, -0.2) is 6.54 Å². The third-order valence-corrected chi connectivity index (χ3v) is 3.15. The fraction of sp³-hybridized carbons (Fsp3) is 0.125. The molecule has 0 amide bonds. The Morgan fingerprint density at radius 3 is 2.43 bits per heavy atom. The first-order valence-electron chi connectivity index (χ1n) is 6.11. The van der Waals surface area contributed by atoms with E-state index in [0.717, 1.165) is 11.6 Å². The lowest BCUT2D eigenvalue weighted by molar-refractivity contribution is -0.137. The Kier molecular flexibility index (Phi) is 4.92. The fourth-order valence-electron chi connectivity index (χ4n) is 1.71. The maximum absolute atomic E-state index is 12.9. The van der Waals surface area contributed by atoms with Crippen molar-refractivity contribution in [1.82, 2.24) is 0 Å². The van der Waals surface area contributed by atoms with Gasteiger partial charge in [-0.2, -0.15) is 13.2 Å². The molecule has 0 spiro atoms. The van der Waals surface area contributed by atoms with E-state index >= 15 is 0 Å². The lowest BCUT2D eigenvalue weighted by atomic mass is 10.1. The summed E-state index contributed by atoms with van der Waals surface area (Å²) in [6, 6.07) is 13.3. The van der Waals surface area contributed by atoms with Gasteiger partial charge in [-0.1, -0.05) is 46.0 Å². The minimum Gasteiger partial charge on any atom is -0.374 e. The average molecular weight is 354 g/mol. The van der Waals surface area contributed by atoms with E-state index in [4.69, 9.17) is 0 Å². The number of nitrogens with one attached hydrogen (secondary N) is 1. The standard InChI is InChI=1S/C16H11BrF3N/c17-13-8-9-15(14(11-13)16(18,19)20)21-10-4-7-12-5-2-1-3-6-12/h1-3,5-6,8-9,11,21H,10H2.